The fourth-order valence-corrected chi connectivity index (χ4v) is 5.34. The maximum atomic E-state index is 12.2. The van der Waals surface area contributed by atoms with Crippen LogP contribution in [-0.2, 0) is 16.0 Å². The second kappa shape index (κ2) is 8.25. The number of carbonyl (C=O) groups is 2. The zero-order valence-electron chi connectivity index (χ0n) is 17.4. The van der Waals surface area contributed by atoms with Gasteiger partial charge in [-0.3, -0.25) is 4.79 Å². The second-order valence-corrected chi connectivity index (χ2v) is 8.99. The maximum absolute atomic E-state index is 12.2. The first-order chi connectivity index (χ1) is 14.0. The zero-order chi connectivity index (χ0) is 20.5. The summed E-state index contributed by atoms with van der Waals surface area (Å²) in [6.45, 7) is 3.25. The number of methoxy groups -OCH3 is 1. The molecule has 1 aliphatic carbocycles. The Labute approximate surface area is 172 Å². The highest BCUT2D eigenvalue weighted by molar-refractivity contribution is 5.73. The van der Waals surface area contributed by atoms with Crippen molar-refractivity contribution in [2.75, 3.05) is 25.5 Å². The summed E-state index contributed by atoms with van der Waals surface area (Å²) in [4.78, 5) is 24.9. The van der Waals surface area contributed by atoms with Gasteiger partial charge >= 0.3 is 12.1 Å². The van der Waals surface area contributed by atoms with Crippen molar-refractivity contribution in [3.05, 3.63) is 29.3 Å². The molecule has 1 saturated carbocycles. The fourth-order valence-electron chi connectivity index (χ4n) is 5.34. The van der Waals surface area contributed by atoms with Crippen molar-refractivity contribution in [3.63, 3.8) is 0 Å². The van der Waals surface area contributed by atoms with Crippen molar-refractivity contribution in [2.24, 2.45) is 17.8 Å². The largest absolute Gasteiger partial charge is 0.469 e. The van der Waals surface area contributed by atoms with Crippen LogP contribution in [0.1, 0.15) is 56.1 Å². The minimum atomic E-state index is -0.805. The molecule has 1 aromatic carbocycles. The summed E-state index contributed by atoms with van der Waals surface area (Å²) in [5, 5.41) is 12.9. The van der Waals surface area contributed by atoms with Gasteiger partial charge in [0, 0.05) is 24.8 Å². The van der Waals surface area contributed by atoms with Crippen LogP contribution in [-0.4, -0.2) is 48.3 Å². The summed E-state index contributed by atoms with van der Waals surface area (Å²) in [5.74, 6) is 1.03. The summed E-state index contributed by atoms with van der Waals surface area (Å²) >= 11 is 0. The normalized spacial score (nSPS) is 24.2. The summed E-state index contributed by atoms with van der Waals surface area (Å²) < 4.78 is 5.03. The number of carbonyl (C=O) groups excluding carboxylic acids is 1. The first kappa shape index (κ1) is 20.0. The van der Waals surface area contributed by atoms with Crippen LogP contribution in [0.15, 0.2) is 18.2 Å². The monoisotopic (exact) mass is 400 g/mol. The zero-order valence-corrected chi connectivity index (χ0v) is 17.4. The van der Waals surface area contributed by atoms with E-state index < -0.39 is 6.09 Å². The van der Waals surface area contributed by atoms with Gasteiger partial charge in [0.25, 0.3) is 0 Å². The number of benzene rings is 1. The quantitative estimate of drug-likeness (QED) is 0.728. The van der Waals surface area contributed by atoms with Gasteiger partial charge in [0.1, 0.15) is 0 Å². The van der Waals surface area contributed by atoms with Crippen molar-refractivity contribution >= 4 is 17.7 Å². The molecule has 1 saturated heterocycles. The molecule has 2 N–H and O–H groups in total. The van der Waals surface area contributed by atoms with Crippen molar-refractivity contribution in [1.29, 1.82) is 0 Å². The van der Waals surface area contributed by atoms with Crippen molar-refractivity contribution in [3.8, 4) is 0 Å². The Bertz CT molecular complexity index is 768. The van der Waals surface area contributed by atoms with Gasteiger partial charge in [0.2, 0.25) is 0 Å². The van der Waals surface area contributed by atoms with E-state index in [1.165, 1.54) is 41.7 Å². The highest BCUT2D eigenvalue weighted by Crippen LogP contribution is 2.48. The predicted octanol–water partition coefficient (Wildman–Crippen LogP) is 4.11. The molecule has 0 bridgehead atoms. The van der Waals surface area contributed by atoms with Gasteiger partial charge in [0.05, 0.1) is 13.0 Å². The molecule has 2 aliphatic heterocycles. The summed E-state index contributed by atoms with van der Waals surface area (Å²) in [6.07, 6.45) is 5.54. The van der Waals surface area contributed by atoms with Crippen molar-refractivity contribution in [2.45, 2.75) is 57.4 Å². The topological polar surface area (TPSA) is 78.9 Å². The van der Waals surface area contributed by atoms with Crippen LogP contribution in [0.3, 0.4) is 0 Å². The molecular weight excluding hydrogens is 368 g/mol. The van der Waals surface area contributed by atoms with E-state index in [9.17, 15) is 14.7 Å². The van der Waals surface area contributed by atoms with E-state index in [-0.39, 0.29) is 17.8 Å². The lowest BCUT2D eigenvalue weighted by Gasteiger charge is -2.38. The SMILES string of the molecule is COC(=O)C(C)C(c1ccc2c(c1)NC(C1CCN(C(=O)O)CC1)CC2)C1CC1. The van der Waals surface area contributed by atoms with Crippen LogP contribution < -0.4 is 5.32 Å². The van der Waals surface area contributed by atoms with Gasteiger partial charge in [-0.15, -0.1) is 0 Å². The lowest BCUT2D eigenvalue weighted by molar-refractivity contribution is -0.145. The first-order valence-electron chi connectivity index (χ1n) is 10.9. The maximum Gasteiger partial charge on any atom is 0.407 e. The average Bonchev–Trinajstić information content (AvgIpc) is 3.57. The molecular formula is C23H32N2O4. The fraction of sp³-hybridized carbons (Fsp3) is 0.652. The molecule has 3 atom stereocenters. The number of aryl methyl sites for hydroxylation is 1. The van der Waals surface area contributed by atoms with E-state index in [4.69, 9.17) is 4.74 Å². The first-order valence-corrected chi connectivity index (χ1v) is 10.9. The second-order valence-electron chi connectivity index (χ2n) is 8.99. The number of carboxylic acid groups (broad SMARTS) is 1. The molecule has 0 radical (unpaired) electrons. The molecule has 2 fully saturated rings. The Morgan fingerprint density at radius 2 is 1.90 bits per heavy atom. The number of ether oxygens (including phenoxy) is 1. The standard InChI is InChI=1S/C23H32N2O4/c1-14(22(26)29-2)21(17-4-5-17)18-6-3-15-7-8-19(24-20(15)13-18)16-9-11-25(12-10-16)23(27)28/h3,6,13-14,16-17,19,21,24H,4-5,7-12H2,1-2H3,(H,27,28). The van der Waals surface area contributed by atoms with Crippen LogP contribution in [0.4, 0.5) is 10.5 Å². The predicted molar refractivity (Wildman–Crippen MR) is 111 cm³/mol. The Morgan fingerprint density at radius 1 is 1.17 bits per heavy atom. The lowest BCUT2D eigenvalue weighted by Crippen LogP contribution is -2.43. The smallest absolute Gasteiger partial charge is 0.407 e. The van der Waals surface area contributed by atoms with E-state index in [2.05, 4.69) is 23.5 Å². The summed E-state index contributed by atoms with van der Waals surface area (Å²) in [6, 6.07) is 7.08. The molecule has 1 aromatic rings. The number of anilines is 1. The number of amides is 1. The molecule has 1 amide bonds. The van der Waals surface area contributed by atoms with E-state index in [0.29, 0.717) is 31.0 Å². The molecule has 0 aromatic heterocycles. The summed E-state index contributed by atoms with van der Waals surface area (Å²) in [5.41, 5.74) is 3.77. The van der Waals surface area contributed by atoms with Gasteiger partial charge in [-0.05, 0) is 73.5 Å². The molecule has 3 aliphatic rings. The van der Waals surface area contributed by atoms with Gasteiger partial charge in [-0.2, -0.15) is 0 Å². The molecule has 6 heteroatoms. The van der Waals surface area contributed by atoms with E-state index in [1.54, 1.807) is 0 Å². The Hall–Kier alpha value is -2.24. The molecule has 3 unspecified atom stereocenters. The van der Waals surface area contributed by atoms with Crippen LogP contribution in [0.5, 0.6) is 0 Å². The van der Waals surface area contributed by atoms with Crippen molar-refractivity contribution in [1.82, 2.24) is 4.90 Å². The van der Waals surface area contributed by atoms with E-state index in [0.717, 1.165) is 25.7 Å². The minimum Gasteiger partial charge on any atom is -0.469 e. The van der Waals surface area contributed by atoms with Gasteiger partial charge in [-0.1, -0.05) is 19.1 Å². The minimum absolute atomic E-state index is 0.129. The van der Waals surface area contributed by atoms with E-state index in [1.807, 2.05) is 6.92 Å². The number of piperidine rings is 1. The number of nitrogens with zero attached hydrogens (tertiary/aromatic N) is 1. The average molecular weight is 401 g/mol. The molecule has 158 valence electrons. The van der Waals surface area contributed by atoms with Crippen LogP contribution in [0, 0.1) is 17.8 Å². The summed E-state index contributed by atoms with van der Waals surface area (Å²) in [7, 11) is 1.47. The van der Waals surface area contributed by atoms with Crippen molar-refractivity contribution < 1.29 is 19.4 Å². The highest BCUT2D eigenvalue weighted by atomic mass is 16.5. The number of hydrogen-bond acceptors (Lipinski definition) is 4. The van der Waals surface area contributed by atoms with Crippen LogP contribution >= 0.6 is 0 Å². The third-order valence-corrected chi connectivity index (χ3v) is 7.21. The van der Waals surface area contributed by atoms with Gasteiger partial charge in [-0.25, -0.2) is 4.79 Å². The number of fused-ring (bicyclic) bond motifs is 1. The number of nitrogens with one attached hydrogen (secondary N) is 1. The van der Waals surface area contributed by atoms with Crippen LogP contribution in [0.2, 0.25) is 0 Å². The molecule has 0 spiro atoms. The number of esters is 1. The molecule has 2 heterocycles. The third kappa shape index (κ3) is 4.21. The molecule has 4 rings (SSSR count). The highest BCUT2D eigenvalue weighted by Gasteiger charge is 2.39. The Balaban J connectivity index is 1.48. The molecule has 29 heavy (non-hydrogen) atoms. The number of likely N-dealkylation sites (tertiary alicyclic amines) is 1. The Morgan fingerprint density at radius 3 is 2.52 bits per heavy atom. The number of rotatable bonds is 5. The van der Waals surface area contributed by atoms with Gasteiger partial charge < -0.3 is 20.1 Å². The van der Waals surface area contributed by atoms with Gasteiger partial charge in [0.15, 0.2) is 0 Å². The third-order valence-electron chi connectivity index (χ3n) is 7.21. The number of hydrogen-bond donors (Lipinski definition) is 2. The van der Waals surface area contributed by atoms with Crippen LogP contribution in [0.25, 0.3) is 0 Å². The Kier molecular flexibility index (Phi) is 5.70. The van der Waals surface area contributed by atoms with E-state index >= 15 is 0 Å². The lowest BCUT2D eigenvalue weighted by atomic mass is 9.80. The molecule has 6 nitrogen and oxygen atoms in total.